The van der Waals surface area contributed by atoms with E-state index in [1.165, 1.54) is 10.8 Å². The summed E-state index contributed by atoms with van der Waals surface area (Å²) in [5, 5.41) is 2.41. The number of imidazole rings is 1. The Morgan fingerprint density at radius 1 is 0.769 bits per heavy atom. The molecule has 0 bridgehead atoms. The normalized spacial score (nSPS) is 11.6. The quantitative estimate of drug-likeness (QED) is 0.485. The number of aromatic nitrogens is 4. The molecule has 5 rings (SSSR count). The summed E-state index contributed by atoms with van der Waals surface area (Å²) in [6.07, 6.45) is 5.93. The van der Waals surface area contributed by atoms with Gasteiger partial charge in [-0.1, -0.05) is 24.3 Å². The summed E-state index contributed by atoms with van der Waals surface area (Å²) in [6, 6.07) is 18.7. The predicted molar refractivity (Wildman–Crippen MR) is 104 cm³/mol. The smallest absolute Gasteiger partial charge is 0.144 e. The minimum Gasteiger partial charge on any atom is -0.306 e. The van der Waals surface area contributed by atoms with Crippen LogP contribution >= 0.6 is 0 Å². The summed E-state index contributed by atoms with van der Waals surface area (Å²) >= 11 is 0. The van der Waals surface area contributed by atoms with Crippen LogP contribution in [-0.2, 0) is 12.8 Å². The van der Waals surface area contributed by atoms with Gasteiger partial charge in [0, 0.05) is 29.2 Å². The van der Waals surface area contributed by atoms with Crippen molar-refractivity contribution in [2.45, 2.75) is 19.8 Å². The van der Waals surface area contributed by atoms with E-state index in [4.69, 9.17) is 9.97 Å². The molecule has 0 fully saturated rings. The van der Waals surface area contributed by atoms with E-state index in [-0.39, 0.29) is 0 Å². The SMILES string of the molecule is Cc1ccc2nc(CCc3cn4ccc5ccccc5c4n3)ccc2n1. The fourth-order valence-corrected chi connectivity index (χ4v) is 3.43. The maximum absolute atomic E-state index is 4.85. The first-order chi connectivity index (χ1) is 12.8. The minimum atomic E-state index is 0.867. The Kier molecular flexibility index (Phi) is 3.42. The van der Waals surface area contributed by atoms with Crippen molar-refractivity contribution < 1.29 is 0 Å². The summed E-state index contributed by atoms with van der Waals surface area (Å²) in [4.78, 5) is 14.1. The van der Waals surface area contributed by atoms with E-state index in [0.717, 1.165) is 46.6 Å². The highest BCUT2D eigenvalue weighted by molar-refractivity contribution is 5.93. The second-order valence-corrected chi connectivity index (χ2v) is 6.66. The fourth-order valence-electron chi connectivity index (χ4n) is 3.43. The van der Waals surface area contributed by atoms with Gasteiger partial charge in [-0.15, -0.1) is 0 Å². The Hall–Kier alpha value is -3.27. The van der Waals surface area contributed by atoms with E-state index in [1.54, 1.807) is 0 Å². The van der Waals surface area contributed by atoms with E-state index in [1.807, 2.05) is 19.1 Å². The number of pyridine rings is 3. The van der Waals surface area contributed by atoms with Crippen LogP contribution in [0.1, 0.15) is 17.1 Å². The number of aryl methyl sites for hydroxylation is 3. The lowest BCUT2D eigenvalue weighted by molar-refractivity contribution is 0.896. The number of nitrogens with zero attached hydrogens (tertiary/aromatic N) is 4. The standard InChI is InChI=1S/C22H18N4/c1-15-6-10-21-20(23-15)11-9-17(24-21)7-8-18-14-26-13-12-16-4-2-3-5-19(16)22(26)25-18/h2-6,9-14H,7-8H2,1H3. The third-order valence-electron chi connectivity index (χ3n) is 4.78. The van der Waals surface area contributed by atoms with Crippen LogP contribution in [0.4, 0.5) is 0 Å². The molecule has 126 valence electrons. The number of hydrogen-bond donors (Lipinski definition) is 0. The molecule has 0 aliphatic heterocycles. The van der Waals surface area contributed by atoms with E-state index in [0.29, 0.717) is 0 Å². The highest BCUT2D eigenvalue weighted by Crippen LogP contribution is 2.20. The van der Waals surface area contributed by atoms with E-state index >= 15 is 0 Å². The lowest BCUT2D eigenvalue weighted by atomic mass is 10.1. The van der Waals surface area contributed by atoms with Crippen LogP contribution in [-0.4, -0.2) is 19.4 Å². The number of rotatable bonds is 3. The maximum Gasteiger partial charge on any atom is 0.144 e. The Balaban J connectivity index is 1.44. The minimum absolute atomic E-state index is 0.867. The molecule has 0 saturated carbocycles. The van der Waals surface area contributed by atoms with Crippen molar-refractivity contribution in [1.29, 1.82) is 0 Å². The molecule has 0 unspecified atom stereocenters. The number of hydrogen-bond acceptors (Lipinski definition) is 3. The van der Waals surface area contributed by atoms with Crippen molar-refractivity contribution in [3.8, 4) is 0 Å². The molecule has 0 spiro atoms. The van der Waals surface area contributed by atoms with Gasteiger partial charge in [0.1, 0.15) is 5.65 Å². The van der Waals surface area contributed by atoms with Gasteiger partial charge in [0.25, 0.3) is 0 Å². The van der Waals surface area contributed by atoms with Gasteiger partial charge in [0.05, 0.1) is 16.7 Å². The monoisotopic (exact) mass is 338 g/mol. The van der Waals surface area contributed by atoms with Crippen molar-refractivity contribution in [1.82, 2.24) is 19.4 Å². The Morgan fingerprint density at radius 2 is 1.58 bits per heavy atom. The molecule has 0 radical (unpaired) electrons. The summed E-state index contributed by atoms with van der Waals surface area (Å²) in [6.45, 7) is 2.00. The van der Waals surface area contributed by atoms with Crippen LogP contribution in [0.2, 0.25) is 0 Å². The van der Waals surface area contributed by atoms with E-state index in [2.05, 4.69) is 64.2 Å². The van der Waals surface area contributed by atoms with Gasteiger partial charge in [-0.2, -0.15) is 0 Å². The summed E-state index contributed by atoms with van der Waals surface area (Å²) in [5.41, 5.74) is 6.10. The van der Waals surface area contributed by atoms with E-state index in [9.17, 15) is 0 Å². The van der Waals surface area contributed by atoms with Crippen LogP contribution in [0, 0.1) is 6.92 Å². The van der Waals surface area contributed by atoms with Gasteiger partial charge in [0.15, 0.2) is 0 Å². The topological polar surface area (TPSA) is 43.1 Å². The van der Waals surface area contributed by atoms with Crippen LogP contribution in [0.5, 0.6) is 0 Å². The van der Waals surface area contributed by atoms with Gasteiger partial charge in [-0.25, -0.2) is 4.98 Å². The van der Waals surface area contributed by atoms with Crippen molar-refractivity contribution >= 4 is 27.5 Å². The first-order valence-corrected chi connectivity index (χ1v) is 8.85. The largest absolute Gasteiger partial charge is 0.306 e. The van der Waals surface area contributed by atoms with Gasteiger partial charge in [0.2, 0.25) is 0 Å². The fraction of sp³-hybridized carbons (Fsp3) is 0.136. The zero-order valence-electron chi connectivity index (χ0n) is 14.6. The third kappa shape index (κ3) is 2.60. The molecular weight excluding hydrogens is 320 g/mol. The Morgan fingerprint density at radius 3 is 2.54 bits per heavy atom. The van der Waals surface area contributed by atoms with Crippen LogP contribution < -0.4 is 0 Å². The zero-order chi connectivity index (χ0) is 17.5. The number of benzene rings is 1. The van der Waals surface area contributed by atoms with Gasteiger partial charge in [-0.05, 0) is 55.5 Å². The summed E-state index contributed by atoms with van der Waals surface area (Å²) < 4.78 is 2.11. The molecule has 0 aliphatic carbocycles. The lowest BCUT2D eigenvalue weighted by Gasteiger charge is -2.02. The molecule has 5 aromatic rings. The molecule has 0 aliphatic rings. The van der Waals surface area contributed by atoms with Crippen LogP contribution in [0.3, 0.4) is 0 Å². The highest BCUT2D eigenvalue weighted by Gasteiger charge is 2.07. The molecule has 4 heterocycles. The van der Waals surface area contributed by atoms with Gasteiger partial charge in [-0.3, -0.25) is 9.97 Å². The molecular formula is C22H18N4. The molecule has 4 nitrogen and oxygen atoms in total. The van der Waals surface area contributed by atoms with Gasteiger partial charge >= 0.3 is 0 Å². The van der Waals surface area contributed by atoms with Gasteiger partial charge < -0.3 is 4.40 Å². The van der Waals surface area contributed by atoms with Crippen LogP contribution in [0.25, 0.3) is 27.5 Å². The summed E-state index contributed by atoms with van der Waals surface area (Å²) in [5.74, 6) is 0. The summed E-state index contributed by atoms with van der Waals surface area (Å²) in [7, 11) is 0. The van der Waals surface area contributed by atoms with Crippen molar-refractivity contribution in [3.63, 3.8) is 0 Å². The average Bonchev–Trinajstić information content (AvgIpc) is 3.10. The lowest BCUT2D eigenvalue weighted by Crippen LogP contribution is -1.96. The third-order valence-corrected chi connectivity index (χ3v) is 4.78. The predicted octanol–water partition coefficient (Wildman–Crippen LogP) is 4.52. The Bertz CT molecular complexity index is 1250. The molecule has 4 aromatic heterocycles. The second-order valence-electron chi connectivity index (χ2n) is 6.66. The molecule has 0 amide bonds. The molecule has 0 atom stereocenters. The zero-order valence-corrected chi connectivity index (χ0v) is 14.6. The molecule has 0 saturated heterocycles. The maximum atomic E-state index is 4.85. The first-order valence-electron chi connectivity index (χ1n) is 8.85. The Labute approximate surface area is 151 Å². The molecule has 4 heteroatoms. The molecule has 0 N–H and O–H groups in total. The van der Waals surface area contributed by atoms with Crippen LogP contribution in [0.15, 0.2) is 67.0 Å². The average molecular weight is 338 g/mol. The van der Waals surface area contributed by atoms with Crippen molar-refractivity contribution in [3.05, 3.63) is 84.1 Å². The number of fused-ring (bicyclic) bond motifs is 4. The van der Waals surface area contributed by atoms with Crippen molar-refractivity contribution in [2.24, 2.45) is 0 Å². The molecule has 1 aromatic carbocycles. The van der Waals surface area contributed by atoms with Crippen molar-refractivity contribution in [2.75, 3.05) is 0 Å². The second kappa shape index (κ2) is 5.92. The molecule has 26 heavy (non-hydrogen) atoms. The van der Waals surface area contributed by atoms with E-state index < -0.39 is 0 Å². The first kappa shape index (κ1) is 15.0. The highest BCUT2D eigenvalue weighted by atomic mass is 15.0.